The monoisotopic (exact) mass is 319 g/mol. The van der Waals surface area contributed by atoms with Crippen LogP contribution < -0.4 is 0 Å². The molecule has 2 fully saturated rings. The Bertz CT molecular complexity index is 389. The molecule has 7 atom stereocenters. The first kappa shape index (κ1) is 17.6. The Hall–Kier alpha value is -0.770. The fourth-order valence-electron chi connectivity index (χ4n) is 2.67. The summed E-state index contributed by atoms with van der Waals surface area (Å²) in [5.74, 6) is -0.205. The first-order valence-electron chi connectivity index (χ1n) is 7.66. The van der Waals surface area contributed by atoms with Gasteiger partial charge in [-0.15, -0.1) is 0 Å². The van der Waals surface area contributed by atoms with E-state index in [0.717, 1.165) is 0 Å². The van der Waals surface area contributed by atoms with E-state index in [0.29, 0.717) is 13.1 Å². The normalized spacial score (nSPS) is 37.5. The molecule has 22 heavy (non-hydrogen) atoms. The number of epoxide rings is 1. The van der Waals surface area contributed by atoms with Gasteiger partial charge in [0, 0.05) is 13.1 Å². The van der Waals surface area contributed by atoms with Crippen molar-refractivity contribution in [2.75, 3.05) is 19.7 Å². The number of hydrogen-bond acceptors (Lipinski definition) is 7. The van der Waals surface area contributed by atoms with Gasteiger partial charge in [0.2, 0.25) is 0 Å². The van der Waals surface area contributed by atoms with E-state index in [1.165, 1.54) is 0 Å². The van der Waals surface area contributed by atoms with Crippen molar-refractivity contribution in [1.29, 1.82) is 0 Å². The zero-order valence-electron chi connectivity index (χ0n) is 13.1. The highest BCUT2D eigenvalue weighted by Gasteiger charge is 2.54. The lowest BCUT2D eigenvalue weighted by Crippen LogP contribution is -2.54. The molecular formula is C14H25NO7. The zero-order valence-corrected chi connectivity index (χ0v) is 13.1. The molecule has 0 aromatic rings. The third-order valence-corrected chi connectivity index (χ3v) is 4.10. The van der Waals surface area contributed by atoms with Gasteiger partial charge in [0.05, 0.1) is 6.61 Å². The van der Waals surface area contributed by atoms with Gasteiger partial charge < -0.3 is 34.4 Å². The zero-order chi connectivity index (χ0) is 16.4. The first-order chi connectivity index (χ1) is 10.4. The number of carbonyl (C=O) groups is 1. The van der Waals surface area contributed by atoms with Crippen LogP contribution in [0.4, 0.5) is 0 Å². The van der Waals surface area contributed by atoms with Crippen LogP contribution in [0.5, 0.6) is 0 Å². The maximum absolute atomic E-state index is 12.1. The Morgan fingerprint density at radius 2 is 1.77 bits per heavy atom. The predicted molar refractivity (Wildman–Crippen MR) is 74.9 cm³/mol. The summed E-state index contributed by atoms with van der Waals surface area (Å²) < 4.78 is 15.6. The summed E-state index contributed by atoms with van der Waals surface area (Å²) in [6.07, 6.45) is -6.81. The van der Waals surface area contributed by atoms with Gasteiger partial charge in [-0.3, -0.25) is 4.79 Å². The van der Waals surface area contributed by atoms with Gasteiger partial charge in [0.25, 0.3) is 5.91 Å². The third-order valence-electron chi connectivity index (χ3n) is 4.10. The summed E-state index contributed by atoms with van der Waals surface area (Å²) in [5, 5.41) is 30.2. The van der Waals surface area contributed by atoms with Crippen molar-refractivity contribution < 1.29 is 34.3 Å². The standard InChI is InChI=1S/C14H25NO7/c1-4-15(5-2)14(19)13-12(22-13)10(18)9(17)11-8(16)6-20-7(3)21-11/h7-13,16-18H,4-6H2,1-3H3/t7-,8-,9-,10-,11-,12-,13+/m1/s1. The van der Waals surface area contributed by atoms with Crippen LogP contribution >= 0.6 is 0 Å². The van der Waals surface area contributed by atoms with Crippen LogP contribution in [0.15, 0.2) is 0 Å². The van der Waals surface area contributed by atoms with E-state index in [-0.39, 0.29) is 12.5 Å². The number of likely N-dealkylation sites (N-methyl/N-ethyl adjacent to an activating group) is 1. The average Bonchev–Trinajstić information content (AvgIpc) is 3.30. The molecule has 2 rings (SSSR count). The molecule has 128 valence electrons. The summed E-state index contributed by atoms with van der Waals surface area (Å²) in [7, 11) is 0. The second kappa shape index (κ2) is 7.20. The largest absolute Gasteiger partial charge is 0.388 e. The van der Waals surface area contributed by atoms with Gasteiger partial charge >= 0.3 is 0 Å². The van der Waals surface area contributed by atoms with Crippen LogP contribution in [0.25, 0.3) is 0 Å². The van der Waals surface area contributed by atoms with E-state index in [4.69, 9.17) is 14.2 Å². The van der Waals surface area contributed by atoms with E-state index in [1.807, 2.05) is 13.8 Å². The molecule has 2 heterocycles. The third kappa shape index (κ3) is 3.58. The minimum absolute atomic E-state index is 0.0168. The minimum atomic E-state index is -1.36. The van der Waals surface area contributed by atoms with Crippen LogP contribution in [-0.4, -0.2) is 88.7 Å². The summed E-state index contributed by atoms with van der Waals surface area (Å²) in [4.78, 5) is 13.7. The van der Waals surface area contributed by atoms with Gasteiger partial charge in [-0.25, -0.2) is 0 Å². The van der Waals surface area contributed by atoms with E-state index < -0.39 is 42.9 Å². The number of aliphatic hydroxyl groups excluding tert-OH is 3. The SMILES string of the molecule is CCN(CC)C(=O)[C@H]1O[C@@H]1[C@H](O)[C@@H](O)[C@@H]1O[C@H](C)OC[C@H]1O. The Morgan fingerprint density at radius 3 is 2.36 bits per heavy atom. The van der Waals surface area contributed by atoms with E-state index in [9.17, 15) is 20.1 Å². The van der Waals surface area contributed by atoms with Crippen molar-refractivity contribution >= 4 is 5.91 Å². The Morgan fingerprint density at radius 1 is 1.18 bits per heavy atom. The Kier molecular flexibility index (Phi) is 5.76. The van der Waals surface area contributed by atoms with Gasteiger partial charge in [-0.05, 0) is 20.8 Å². The number of rotatable bonds is 6. The lowest BCUT2D eigenvalue weighted by atomic mass is 9.98. The molecule has 0 bridgehead atoms. The number of ether oxygens (including phenoxy) is 3. The van der Waals surface area contributed by atoms with E-state index >= 15 is 0 Å². The van der Waals surface area contributed by atoms with Crippen molar-refractivity contribution in [3.8, 4) is 0 Å². The summed E-state index contributed by atoms with van der Waals surface area (Å²) in [6.45, 7) is 6.48. The van der Waals surface area contributed by atoms with Crippen molar-refractivity contribution in [2.45, 2.75) is 63.7 Å². The smallest absolute Gasteiger partial charge is 0.254 e. The van der Waals surface area contributed by atoms with Crippen molar-refractivity contribution in [1.82, 2.24) is 4.90 Å². The number of nitrogens with zero attached hydrogens (tertiary/aromatic N) is 1. The molecule has 1 amide bonds. The second-order valence-corrected chi connectivity index (χ2v) is 5.58. The fourth-order valence-corrected chi connectivity index (χ4v) is 2.67. The molecular weight excluding hydrogens is 294 g/mol. The van der Waals surface area contributed by atoms with Gasteiger partial charge in [-0.2, -0.15) is 0 Å². The van der Waals surface area contributed by atoms with Crippen molar-refractivity contribution in [3.63, 3.8) is 0 Å². The minimum Gasteiger partial charge on any atom is -0.388 e. The maximum Gasteiger partial charge on any atom is 0.254 e. The summed E-state index contributed by atoms with van der Waals surface area (Å²) >= 11 is 0. The predicted octanol–water partition coefficient (Wildman–Crippen LogP) is -1.53. The molecule has 0 aliphatic carbocycles. The lowest BCUT2D eigenvalue weighted by molar-refractivity contribution is -0.272. The quantitative estimate of drug-likeness (QED) is 0.509. The second-order valence-electron chi connectivity index (χ2n) is 5.58. The lowest BCUT2D eigenvalue weighted by Gasteiger charge is -2.36. The topological polar surface area (TPSA) is 112 Å². The van der Waals surface area contributed by atoms with Crippen molar-refractivity contribution in [2.24, 2.45) is 0 Å². The molecule has 0 saturated carbocycles. The first-order valence-corrected chi connectivity index (χ1v) is 7.66. The van der Waals surface area contributed by atoms with E-state index in [2.05, 4.69) is 0 Å². The molecule has 0 aromatic heterocycles. The highest BCUT2D eigenvalue weighted by molar-refractivity contribution is 5.83. The van der Waals surface area contributed by atoms with Crippen LogP contribution in [0.3, 0.4) is 0 Å². The summed E-state index contributed by atoms with van der Waals surface area (Å²) in [6, 6.07) is 0. The molecule has 2 saturated heterocycles. The maximum atomic E-state index is 12.1. The number of amides is 1. The van der Waals surface area contributed by atoms with Crippen LogP contribution in [0.1, 0.15) is 20.8 Å². The molecule has 0 radical (unpaired) electrons. The number of carbonyl (C=O) groups excluding carboxylic acids is 1. The van der Waals surface area contributed by atoms with Gasteiger partial charge in [-0.1, -0.05) is 0 Å². The molecule has 8 heteroatoms. The number of hydrogen-bond donors (Lipinski definition) is 3. The fraction of sp³-hybridized carbons (Fsp3) is 0.929. The van der Waals surface area contributed by atoms with Gasteiger partial charge in [0.1, 0.15) is 30.5 Å². The molecule has 8 nitrogen and oxygen atoms in total. The molecule has 0 aromatic carbocycles. The molecule has 3 N–H and O–H groups in total. The van der Waals surface area contributed by atoms with Crippen LogP contribution in [0.2, 0.25) is 0 Å². The average molecular weight is 319 g/mol. The van der Waals surface area contributed by atoms with Gasteiger partial charge in [0.15, 0.2) is 12.4 Å². The van der Waals surface area contributed by atoms with Crippen LogP contribution in [-0.2, 0) is 19.0 Å². The molecule has 2 aliphatic rings. The van der Waals surface area contributed by atoms with Crippen LogP contribution in [0, 0.1) is 0 Å². The summed E-state index contributed by atoms with van der Waals surface area (Å²) in [5.41, 5.74) is 0. The Labute approximate surface area is 129 Å². The molecule has 2 aliphatic heterocycles. The molecule has 0 unspecified atom stereocenters. The van der Waals surface area contributed by atoms with E-state index in [1.54, 1.807) is 11.8 Å². The Balaban J connectivity index is 1.92. The van der Waals surface area contributed by atoms with Crippen molar-refractivity contribution in [3.05, 3.63) is 0 Å². The number of aliphatic hydroxyl groups is 3. The highest BCUT2D eigenvalue weighted by atomic mass is 16.7. The highest BCUT2D eigenvalue weighted by Crippen LogP contribution is 2.31. The molecule has 0 spiro atoms.